The highest BCUT2D eigenvalue weighted by Gasteiger charge is 2.26. The van der Waals surface area contributed by atoms with E-state index in [9.17, 15) is 4.21 Å². The predicted octanol–water partition coefficient (Wildman–Crippen LogP) is 3.55. The molecular formula is C17H27NOS. The molecule has 1 aliphatic carbocycles. The van der Waals surface area contributed by atoms with Crippen LogP contribution in [-0.4, -0.2) is 22.5 Å². The van der Waals surface area contributed by atoms with Gasteiger partial charge in [-0.1, -0.05) is 49.9 Å². The van der Waals surface area contributed by atoms with Crippen molar-refractivity contribution in [1.82, 2.24) is 5.32 Å². The van der Waals surface area contributed by atoms with Gasteiger partial charge in [0.1, 0.15) is 0 Å². The molecule has 1 fully saturated rings. The summed E-state index contributed by atoms with van der Waals surface area (Å²) in [6.45, 7) is 2.11. The van der Waals surface area contributed by atoms with E-state index >= 15 is 0 Å². The Morgan fingerprint density at radius 1 is 1.15 bits per heavy atom. The van der Waals surface area contributed by atoms with E-state index in [1.54, 1.807) is 0 Å². The minimum absolute atomic E-state index is 0.305. The van der Waals surface area contributed by atoms with Gasteiger partial charge in [0.15, 0.2) is 0 Å². The van der Waals surface area contributed by atoms with Crippen LogP contribution in [0.3, 0.4) is 0 Å². The minimum Gasteiger partial charge on any atom is -0.316 e. The molecule has 0 aliphatic heterocycles. The van der Waals surface area contributed by atoms with Crippen molar-refractivity contribution >= 4 is 10.8 Å². The highest BCUT2D eigenvalue weighted by molar-refractivity contribution is 7.84. The Kier molecular flexibility index (Phi) is 6.24. The third-order valence-corrected chi connectivity index (χ3v) is 6.31. The average molecular weight is 293 g/mol. The lowest BCUT2D eigenvalue weighted by molar-refractivity contribution is 0.414. The molecule has 1 aromatic rings. The molecule has 0 radical (unpaired) electrons. The van der Waals surface area contributed by atoms with Crippen molar-refractivity contribution in [2.45, 2.75) is 62.5 Å². The first-order valence-corrected chi connectivity index (χ1v) is 9.19. The van der Waals surface area contributed by atoms with Crippen LogP contribution in [0.15, 0.2) is 24.3 Å². The van der Waals surface area contributed by atoms with Crippen LogP contribution in [0.4, 0.5) is 0 Å². The maximum Gasteiger partial charge on any atom is 0.0504 e. The molecule has 0 spiro atoms. The molecule has 0 aromatic heterocycles. The summed E-state index contributed by atoms with van der Waals surface area (Å²) in [5, 5.41) is 3.72. The van der Waals surface area contributed by atoms with Crippen molar-refractivity contribution in [2.75, 3.05) is 7.05 Å². The van der Waals surface area contributed by atoms with Gasteiger partial charge in [0.25, 0.3) is 0 Å². The summed E-state index contributed by atoms with van der Waals surface area (Å²) in [6.07, 6.45) is 7.39. The molecule has 0 saturated heterocycles. The van der Waals surface area contributed by atoms with Crippen LogP contribution < -0.4 is 5.32 Å². The van der Waals surface area contributed by atoms with Gasteiger partial charge in [-0.3, -0.25) is 4.21 Å². The monoisotopic (exact) mass is 293 g/mol. The quantitative estimate of drug-likeness (QED) is 0.920. The normalized spacial score (nSPS) is 25.7. The molecule has 1 N–H and O–H groups in total. The molecule has 0 bridgehead atoms. The summed E-state index contributed by atoms with van der Waals surface area (Å²) < 4.78 is 12.8. The molecule has 1 saturated carbocycles. The zero-order chi connectivity index (χ0) is 14.4. The molecular weight excluding hydrogens is 266 g/mol. The third-order valence-electron chi connectivity index (χ3n) is 4.47. The topological polar surface area (TPSA) is 29.1 Å². The van der Waals surface area contributed by atoms with E-state index in [-0.39, 0.29) is 0 Å². The molecule has 3 unspecified atom stereocenters. The lowest BCUT2D eigenvalue weighted by Gasteiger charge is -2.28. The molecule has 1 aromatic carbocycles. The molecule has 0 heterocycles. The minimum atomic E-state index is -0.779. The van der Waals surface area contributed by atoms with Crippen molar-refractivity contribution in [3.05, 3.63) is 35.4 Å². The van der Waals surface area contributed by atoms with Crippen LogP contribution in [0.1, 0.15) is 49.7 Å². The van der Waals surface area contributed by atoms with Gasteiger partial charge in [0.2, 0.25) is 0 Å². The number of hydrogen-bond donors (Lipinski definition) is 1. The molecule has 20 heavy (non-hydrogen) atoms. The van der Waals surface area contributed by atoms with Gasteiger partial charge in [0.05, 0.1) is 5.25 Å². The smallest absolute Gasteiger partial charge is 0.0504 e. The Bertz CT molecular complexity index is 446. The van der Waals surface area contributed by atoms with Crippen LogP contribution in [-0.2, 0) is 16.6 Å². The molecule has 3 heteroatoms. The van der Waals surface area contributed by atoms with Crippen LogP contribution in [0.2, 0.25) is 0 Å². The first-order valence-electron chi connectivity index (χ1n) is 7.81. The van der Waals surface area contributed by atoms with E-state index in [0.29, 0.717) is 17.0 Å². The fourth-order valence-electron chi connectivity index (χ4n) is 3.13. The second kappa shape index (κ2) is 7.94. The summed E-state index contributed by atoms with van der Waals surface area (Å²) in [5.41, 5.74) is 2.50. The largest absolute Gasteiger partial charge is 0.316 e. The van der Waals surface area contributed by atoms with Gasteiger partial charge < -0.3 is 5.32 Å². The van der Waals surface area contributed by atoms with Gasteiger partial charge in [-0.2, -0.15) is 0 Å². The summed E-state index contributed by atoms with van der Waals surface area (Å²) in [7, 11) is 1.24. The van der Waals surface area contributed by atoms with Crippen LogP contribution >= 0.6 is 0 Å². The van der Waals surface area contributed by atoms with Crippen molar-refractivity contribution in [2.24, 2.45) is 0 Å². The molecule has 2 rings (SSSR count). The Morgan fingerprint density at radius 3 is 2.55 bits per heavy atom. The third kappa shape index (κ3) is 4.16. The zero-order valence-corrected chi connectivity index (χ0v) is 13.5. The fraction of sp³-hybridized carbons (Fsp3) is 0.647. The zero-order valence-electron chi connectivity index (χ0n) is 12.7. The fourth-order valence-corrected chi connectivity index (χ4v) is 5.04. The molecule has 0 amide bonds. The van der Waals surface area contributed by atoms with Crippen LogP contribution in [0, 0.1) is 6.92 Å². The van der Waals surface area contributed by atoms with Gasteiger partial charge in [0, 0.05) is 22.6 Å². The maximum atomic E-state index is 12.8. The lowest BCUT2D eigenvalue weighted by Crippen LogP contribution is -2.41. The summed E-state index contributed by atoms with van der Waals surface area (Å²) in [5.74, 6) is 0.704. The summed E-state index contributed by atoms with van der Waals surface area (Å²) in [4.78, 5) is 0. The second-order valence-corrected chi connectivity index (χ2v) is 7.53. The molecule has 3 atom stereocenters. The van der Waals surface area contributed by atoms with Crippen molar-refractivity contribution in [1.29, 1.82) is 0 Å². The van der Waals surface area contributed by atoms with Gasteiger partial charge in [-0.05, 0) is 37.9 Å². The molecule has 1 aliphatic rings. The van der Waals surface area contributed by atoms with Gasteiger partial charge in [-0.15, -0.1) is 0 Å². The van der Waals surface area contributed by atoms with E-state index in [1.807, 2.05) is 19.2 Å². The highest BCUT2D eigenvalue weighted by Crippen LogP contribution is 2.24. The second-order valence-electron chi connectivity index (χ2n) is 5.88. The van der Waals surface area contributed by atoms with Gasteiger partial charge >= 0.3 is 0 Å². The summed E-state index contributed by atoms with van der Waals surface area (Å²) in [6, 6.07) is 8.74. The Morgan fingerprint density at radius 2 is 1.85 bits per heavy atom. The van der Waals surface area contributed by atoms with E-state index < -0.39 is 10.8 Å². The highest BCUT2D eigenvalue weighted by atomic mass is 32.2. The maximum absolute atomic E-state index is 12.8. The predicted molar refractivity (Wildman–Crippen MR) is 87.4 cm³/mol. The Labute approximate surface area is 125 Å². The number of hydrogen-bond acceptors (Lipinski definition) is 2. The van der Waals surface area contributed by atoms with Crippen LogP contribution in [0.25, 0.3) is 0 Å². The average Bonchev–Trinajstić information content (AvgIpc) is 2.41. The number of nitrogens with one attached hydrogen (secondary N) is 1. The Hall–Kier alpha value is -0.670. The first-order chi connectivity index (χ1) is 9.72. The van der Waals surface area contributed by atoms with Gasteiger partial charge in [-0.25, -0.2) is 0 Å². The number of benzene rings is 1. The Balaban J connectivity index is 2.06. The van der Waals surface area contributed by atoms with E-state index in [1.165, 1.54) is 43.2 Å². The van der Waals surface area contributed by atoms with Crippen LogP contribution in [0.5, 0.6) is 0 Å². The summed E-state index contributed by atoms with van der Waals surface area (Å²) >= 11 is 0. The van der Waals surface area contributed by atoms with Crippen molar-refractivity contribution < 1.29 is 4.21 Å². The van der Waals surface area contributed by atoms with E-state index in [0.717, 1.165) is 6.42 Å². The first kappa shape index (κ1) is 15.7. The lowest BCUT2D eigenvalue weighted by atomic mass is 9.96. The molecule has 112 valence electrons. The van der Waals surface area contributed by atoms with Crippen molar-refractivity contribution in [3.63, 3.8) is 0 Å². The number of rotatable bonds is 4. The SMILES string of the molecule is CNC1CCCCCCC1S(=O)Cc1ccccc1C. The number of aryl methyl sites for hydroxylation is 1. The van der Waals surface area contributed by atoms with E-state index in [4.69, 9.17) is 0 Å². The van der Waals surface area contributed by atoms with E-state index in [2.05, 4.69) is 24.4 Å². The van der Waals surface area contributed by atoms with Crippen molar-refractivity contribution in [3.8, 4) is 0 Å². The molecule has 2 nitrogen and oxygen atoms in total. The standard InChI is InChI=1S/C17H27NOS/c1-14-9-7-8-10-15(14)13-20(19)17-12-6-4-3-5-11-16(17)18-2/h7-10,16-18H,3-6,11-13H2,1-2H3.